The van der Waals surface area contributed by atoms with Crippen LogP contribution in [0.5, 0.6) is 0 Å². The fourth-order valence-electron chi connectivity index (χ4n) is 3.42. The van der Waals surface area contributed by atoms with Gasteiger partial charge in [0.1, 0.15) is 17.6 Å². The Labute approximate surface area is 159 Å². The van der Waals surface area contributed by atoms with Gasteiger partial charge in [-0.2, -0.15) is 5.26 Å². The summed E-state index contributed by atoms with van der Waals surface area (Å²) in [6.07, 6.45) is 1.62. The van der Waals surface area contributed by atoms with E-state index in [4.69, 9.17) is 9.15 Å². The van der Waals surface area contributed by atoms with Crippen molar-refractivity contribution in [1.29, 1.82) is 5.26 Å². The third kappa shape index (κ3) is 3.92. The average molecular weight is 370 g/mol. The van der Waals surface area contributed by atoms with Crippen LogP contribution in [0.3, 0.4) is 0 Å². The number of carbonyl (C=O) groups excluding carboxylic acids is 1. The first-order valence-electron chi connectivity index (χ1n) is 9.08. The Morgan fingerprint density at radius 1 is 1.41 bits per heavy atom. The van der Waals surface area contributed by atoms with Gasteiger partial charge >= 0.3 is 0 Å². The zero-order valence-electron chi connectivity index (χ0n) is 16.3. The Balaban J connectivity index is 1.84. The maximum atomic E-state index is 12.8. The predicted molar refractivity (Wildman–Crippen MR) is 102 cm³/mol. The van der Waals surface area contributed by atoms with Gasteiger partial charge in [0.05, 0.1) is 38.1 Å². The highest BCUT2D eigenvalue weighted by atomic mass is 16.5. The number of nitriles is 1. The molecule has 1 fully saturated rings. The van der Waals surface area contributed by atoms with E-state index < -0.39 is 0 Å². The van der Waals surface area contributed by atoms with Crippen LogP contribution in [0.2, 0.25) is 0 Å². The largest absolute Gasteiger partial charge is 0.467 e. The summed E-state index contributed by atoms with van der Waals surface area (Å²) in [6, 6.07) is 5.93. The Kier molecular flexibility index (Phi) is 5.40. The van der Waals surface area contributed by atoms with Gasteiger partial charge in [0.15, 0.2) is 0 Å². The van der Waals surface area contributed by atoms with Crippen molar-refractivity contribution in [2.75, 3.05) is 31.6 Å². The summed E-state index contributed by atoms with van der Waals surface area (Å²) < 4.78 is 12.9. The molecule has 0 unspecified atom stereocenters. The standard InChI is InChI=1S/C20H26N4O3/c1-14-15(2)24(11-16-6-5-8-27-16)19(17(14)10-21)22-18(25)12-23-7-9-26-13-20(23,3)4/h5-6,8H,7,9,11-13H2,1-4H3,(H,22,25). The highest BCUT2D eigenvalue weighted by molar-refractivity contribution is 5.93. The number of hydrogen-bond acceptors (Lipinski definition) is 5. The molecule has 2 aromatic heterocycles. The van der Waals surface area contributed by atoms with Crippen LogP contribution in [-0.2, 0) is 16.1 Å². The van der Waals surface area contributed by atoms with Gasteiger partial charge in [-0.15, -0.1) is 0 Å². The highest BCUT2D eigenvalue weighted by Gasteiger charge is 2.32. The number of rotatable bonds is 5. The number of nitrogens with one attached hydrogen (secondary N) is 1. The molecule has 144 valence electrons. The van der Waals surface area contributed by atoms with Crippen LogP contribution in [0.4, 0.5) is 5.82 Å². The number of ether oxygens (including phenoxy) is 1. The van der Waals surface area contributed by atoms with E-state index in [1.807, 2.05) is 30.5 Å². The van der Waals surface area contributed by atoms with Crippen LogP contribution in [0, 0.1) is 25.2 Å². The lowest BCUT2D eigenvalue weighted by Gasteiger charge is -2.41. The zero-order chi connectivity index (χ0) is 19.6. The third-order valence-corrected chi connectivity index (χ3v) is 5.24. The van der Waals surface area contributed by atoms with E-state index in [-0.39, 0.29) is 18.0 Å². The second-order valence-electron chi connectivity index (χ2n) is 7.55. The molecular weight excluding hydrogens is 344 g/mol. The Hall–Kier alpha value is -2.56. The van der Waals surface area contributed by atoms with Crippen LogP contribution in [0.1, 0.15) is 36.4 Å². The molecule has 0 saturated carbocycles. The summed E-state index contributed by atoms with van der Waals surface area (Å²) in [6.45, 7) is 10.6. The van der Waals surface area contributed by atoms with Gasteiger partial charge in [0.2, 0.25) is 5.91 Å². The van der Waals surface area contributed by atoms with Crippen molar-refractivity contribution >= 4 is 11.7 Å². The number of anilines is 1. The monoisotopic (exact) mass is 370 g/mol. The molecule has 0 bridgehead atoms. The van der Waals surface area contributed by atoms with Crippen LogP contribution in [0.15, 0.2) is 22.8 Å². The highest BCUT2D eigenvalue weighted by Crippen LogP contribution is 2.28. The fourth-order valence-corrected chi connectivity index (χ4v) is 3.42. The first kappa shape index (κ1) is 19.2. The number of hydrogen-bond donors (Lipinski definition) is 1. The van der Waals surface area contributed by atoms with E-state index in [1.54, 1.807) is 6.26 Å². The van der Waals surface area contributed by atoms with Crippen molar-refractivity contribution in [3.05, 3.63) is 41.0 Å². The molecule has 7 heteroatoms. The van der Waals surface area contributed by atoms with Gasteiger partial charge in [-0.3, -0.25) is 9.69 Å². The van der Waals surface area contributed by atoms with Crippen molar-refractivity contribution in [2.45, 2.75) is 39.8 Å². The van der Waals surface area contributed by atoms with Gasteiger partial charge < -0.3 is 19.0 Å². The lowest BCUT2D eigenvalue weighted by Crippen LogP contribution is -2.55. The maximum Gasteiger partial charge on any atom is 0.239 e. The number of morpholine rings is 1. The topological polar surface area (TPSA) is 83.4 Å². The molecule has 27 heavy (non-hydrogen) atoms. The first-order chi connectivity index (χ1) is 12.8. The first-order valence-corrected chi connectivity index (χ1v) is 9.08. The molecule has 0 aliphatic carbocycles. The number of amides is 1. The molecule has 3 heterocycles. The van der Waals surface area contributed by atoms with Gasteiger partial charge in [-0.05, 0) is 45.4 Å². The SMILES string of the molecule is Cc1c(C#N)c(NC(=O)CN2CCOCC2(C)C)n(Cc2ccco2)c1C. The van der Waals surface area contributed by atoms with Crippen LogP contribution in [-0.4, -0.2) is 47.2 Å². The van der Waals surface area contributed by atoms with E-state index in [1.165, 1.54) is 0 Å². The molecular formula is C20H26N4O3. The van der Waals surface area contributed by atoms with E-state index in [2.05, 4.69) is 30.1 Å². The number of furan rings is 1. The fraction of sp³-hybridized carbons (Fsp3) is 0.500. The molecule has 0 spiro atoms. The normalized spacial score (nSPS) is 16.9. The number of carbonyl (C=O) groups is 1. The minimum Gasteiger partial charge on any atom is -0.467 e. The molecule has 0 radical (unpaired) electrons. The van der Waals surface area contributed by atoms with Crippen molar-refractivity contribution < 1.29 is 13.9 Å². The van der Waals surface area contributed by atoms with Gasteiger partial charge in [-0.25, -0.2) is 0 Å². The second-order valence-corrected chi connectivity index (χ2v) is 7.55. The number of aromatic nitrogens is 1. The van der Waals surface area contributed by atoms with Gasteiger partial charge in [0.25, 0.3) is 0 Å². The Morgan fingerprint density at radius 2 is 2.19 bits per heavy atom. The second kappa shape index (κ2) is 7.59. The molecule has 7 nitrogen and oxygen atoms in total. The zero-order valence-corrected chi connectivity index (χ0v) is 16.3. The minimum atomic E-state index is -0.199. The van der Waals surface area contributed by atoms with Crippen molar-refractivity contribution in [2.24, 2.45) is 0 Å². The third-order valence-electron chi connectivity index (χ3n) is 5.24. The van der Waals surface area contributed by atoms with Crippen molar-refractivity contribution in [1.82, 2.24) is 9.47 Å². The van der Waals surface area contributed by atoms with Gasteiger partial charge in [-0.1, -0.05) is 0 Å². The summed E-state index contributed by atoms with van der Waals surface area (Å²) in [7, 11) is 0. The molecule has 1 aliphatic rings. The van der Waals surface area contributed by atoms with Crippen LogP contribution in [0.25, 0.3) is 0 Å². The molecule has 1 saturated heterocycles. The van der Waals surface area contributed by atoms with Gasteiger partial charge in [0, 0.05) is 17.8 Å². The summed E-state index contributed by atoms with van der Waals surface area (Å²) >= 11 is 0. The van der Waals surface area contributed by atoms with Crippen LogP contribution >= 0.6 is 0 Å². The molecule has 0 aromatic carbocycles. The summed E-state index contributed by atoms with van der Waals surface area (Å²) in [5, 5.41) is 12.6. The van der Waals surface area contributed by atoms with Crippen molar-refractivity contribution in [3.63, 3.8) is 0 Å². The quantitative estimate of drug-likeness (QED) is 0.875. The lowest BCUT2D eigenvalue weighted by atomic mass is 10.0. The van der Waals surface area contributed by atoms with Crippen LogP contribution < -0.4 is 5.32 Å². The smallest absolute Gasteiger partial charge is 0.239 e. The summed E-state index contributed by atoms with van der Waals surface area (Å²) in [4.78, 5) is 14.9. The van der Waals surface area contributed by atoms with E-state index >= 15 is 0 Å². The Bertz CT molecular complexity index is 859. The lowest BCUT2D eigenvalue weighted by molar-refractivity contribution is -0.122. The Morgan fingerprint density at radius 3 is 2.81 bits per heavy atom. The number of nitrogens with zero attached hydrogens (tertiary/aromatic N) is 3. The average Bonchev–Trinajstić information content (AvgIpc) is 3.20. The molecule has 1 aliphatic heterocycles. The molecule has 1 amide bonds. The van der Waals surface area contributed by atoms with Crippen molar-refractivity contribution in [3.8, 4) is 6.07 Å². The predicted octanol–water partition coefficient (Wildman–Crippen LogP) is 2.67. The summed E-state index contributed by atoms with van der Waals surface area (Å²) in [5.41, 5.74) is 2.10. The van der Waals surface area contributed by atoms with E-state index in [0.29, 0.717) is 37.7 Å². The molecule has 1 N–H and O–H groups in total. The maximum absolute atomic E-state index is 12.8. The molecule has 0 atom stereocenters. The van der Waals surface area contributed by atoms with E-state index in [9.17, 15) is 10.1 Å². The minimum absolute atomic E-state index is 0.139. The molecule has 3 rings (SSSR count). The molecule has 2 aromatic rings. The van der Waals surface area contributed by atoms with E-state index in [0.717, 1.165) is 17.0 Å². The summed E-state index contributed by atoms with van der Waals surface area (Å²) in [5.74, 6) is 1.15.